The molecule has 0 saturated carbocycles. The number of hydrogen-bond acceptors (Lipinski definition) is 9. The Morgan fingerprint density at radius 2 is 1.74 bits per heavy atom. The summed E-state index contributed by atoms with van der Waals surface area (Å²) in [5.74, 6) is -3.33. The van der Waals surface area contributed by atoms with Crippen molar-refractivity contribution in [1.82, 2.24) is 30.3 Å². The van der Waals surface area contributed by atoms with Gasteiger partial charge in [0, 0.05) is 61.8 Å². The average Bonchev–Trinajstić information content (AvgIpc) is 3.56. The van der Waals surface area contributed by atoms with E-state index in [1.807, 2.05) is 13.0 Å². The lowest BCUT2D eigenvalue weighted by atomic mass is 10.0. The second kappa shape index (κ2) is 23.0. The Labute approximate surface area is 329 Å². The highest BCUT2D eigenvalue weighted by molar-refractivity contribution is 5.96. The van der Waals surface area contributed by atoms with Gasteiger partial charge >= 0.3 is 5.97 Å². The number of carbonyl (C=O) groups is 3. The summed E-state index contributed by atoms with van der Waals surface area (Å²) >= 11 is 0. The van der Waals surface area contributed by atoms with Crippen molar-refractivity contribution in [2.45, 2.75) is 45.1 Å². The second-order valence-corrected chi connectivity index (χ2v) is 11.4. The summed E-state index contributed by atoms with van der Waals surface area (Å²) in [6, 6.07) is 7.23. The first kappa shape index (κ1) is 47.1. The molecule has 0 saturated heterocycles. The fourth-order valence-corrected chi connectivity index (χ4v) is 5.16. The Morgan fingerprint density at radius 3 is 2.44 bits per heavy atom. The Morgan fingerprint density at radius 1 is 1.00 bits per heavy atom. The zero-order chi connectivity index (χ0) is 36.9. The number of imidazole rings is 1. The first-order valence-electron chi connectivity index (χ1n) is 16.3. The molecule has 0 aliphatic heterocycles. The van der Waals surface area contributed by atoms with E-state index in [1.165, 1.54) is 31.6 Å². The molecule has 15 nitrogen and oxygen atoms in total. The van der Waals surface area contributed by atoms with E-state index in [1.54, 1.807) is 22.7 Å². The fourth-order valence-electron chi connectivity index (χ4n) is 5.16. The van der Waals surface area contributed by atoms with Crippen molar-refractivity contribution in [3.05, 3.63) is 71.7 Å². The molecule has 1 atom stereocenters. The number of aryl methyl sites for hydroxylation is 1. The summed E-state index contributed by atoms with van der Waals surface area (Å²) in [5.41, 5.74) is 14.3. The molecule has 1 unspecified atom stereocenters. The zero-order valence-electron chi connectivity index (χ0n) is 29.6. The number of nitrogens with two attached hydrogens (primary N) is 2. The Bertz CT molecular complexity index is 1900. The number of hydrogen-bond donors (Lipinski definition) is 7. The first-order chi connectivity index (χ1) is 24.5. The highest BCUT2D eigenvalue weighted by atomic mass is 35.5. The van der Waals surface area contributed by atoms with E-state index in [9.17, 15) is 23.2 Å². The molecule has 54 heavy (non-hydrogen) atoms. The summed E-state index contributed by atoms with van der Waals surface area (Å²) in [4.78, 5) is 48.7. The quantitative estimate of drug-likeness (QED) is 0.0432. The van der Waals surface area contributed by atoms with E-state index in [0.717, 1.165) is 5.56 Å². The molecule has 9 N–H and O–H groups in total. The summed E-state index contributed by atoms with van der Waals surface area (Å²) in [7, 11) is 1.26. The molecule has 2 aromatic carbocycles. The number of guanidine groups is 1. The van der Waals surface area contributed by atoms with Crippen LogP contribution in [0.25, 0.3) is 16.9 Å². The summed E-state index contributed by atoms with van der Waals surface area (Å²) in [5, 5.41) is 20.3. The number of aliphatic imine (C=N–C) groups is 1. The molecule has 20 heteroatoms. The van der Waals surface area contributed by atoms with Crippen LogP contribution in [0.4, 0.5) is 20.3 Å². The minimum Gasteiger partial charge on any atom is -0.494 e. The molecule has 0 spiro atoms. The number of halogens is 5. The van der Waals surface area contributed by atoms with Crippen molar-refractivity contribution in [3.63, 3.8) is 0 Å². The van der Waals surface area contributed by atoms with Crippen molar-refractivity contribution in [2.75, 3.05) is 38.6 Å². The molecule has 296 valence electrons. The topological polar surface area (TPSA) is 223 Å². The van der Waals surface area contributed by atoms with Crippen LogP contribution in [-0.4, -0.2) is 82.5 Å². The fraction of sp³-hybridized carbons (Fsp3) is 0.353. The van der Waals surface area contributed by atoms with Crippen molar-refractivity contribution < 1.29 is 33.0 Å². The lowest BCUT2D eigenvalue weighted by molar-refractivity contribution is -0.137. The molecule has 4 aromatic rings. The second-order valence-electron chi connectivity index (χ2n) is 11.4. The van der Waals surface area contributed by atoms with Gasteiger partial charge in [-0.25, -0.2) is 14.4 Å². The van der Waals surface area contributed by atoms with Gasteiger partial charge in [-0.1, -0.05) is 6.92 Å². The number of methoxy groups -OCH3 is 1. The number of nitrogens with zero attached hydrogens (tertiary/aromatic N) is 4. The van der Waals surface area contributed by atoms with Crippen LogP contribution < -0.4 is 37.5 Å². The predicted octanol–water partition coefficient (Wildman–Crippen LogP) is 3.98. The van der Waals surface area contributed by atoms with Crippen LogP contribution in [0.3, 0.4) is 0 Å². The van der Waals surface area contributed by atoms with Crippen LogP contribution >= 0.6 is 37.2 Å². The highest BCUT2D eigenvalue weighted by Crippen LogP contribution is 2.31. The molecule has 0 aliphatic carbocycles. The molecule has 0 bridgehead atoms. The number of nitrogens with one attached hydrogen (secondary N) is 4. The summed E-state index contributed by atoms with van der Waals surface area (Å²) < 4.78 is 35.7. The number of aliphatic carboxylic acids is 1. The molecular formula is C34H45Cl3F2N10O5. The maximum atomic E-state index is 14.9. The Kier molecular flexibility index (Phi) is 20.0. The van der Waals surface area contributed by atoms with Gasteiger partial charge in [-0.3, -0.25) is 23.8 Å². The lowest BCUT2D eigenvalue weighted by Crippen LogP contribution is -2.44. The third-order valence-corrected chi connectivity index (χ3v) is 7.84. The SMILES string of the molecule is CCc1cc(Nc2nccn3c(-c4ccc(OC)c(F)c4F)cnc23)ccc1C(=O)NCCNC(=O)C(N)CCCNC(N)=NCCCC(=O)O.Cl.Cl.Cl. The normalized spacial score (nSPS) is 11.3. The molecule has 2 aromatic heterocycles. The van der Waals surface area contributed by atoms with Gasteiger partial charge in [-0.2, -0.15) is 4.39 Å². The van der Waals surface area contributed by atoms with Gasteiger partial charge in [0.05, 0.1) is 25.0 Å². The zero-order valence-corrected chi connectivity index (χ0v) is 32.0. The van der Waals surface area contributed by atoms with E-state index in [-0.39, 0.29) is 85.8 Å². The van der Waals surface area contributed by atoms with Gasteiger partial charge < -0.3 is 42.6 Å². The van der Waals surface area contributed by atoms with Crippen molar-refractivity contribution in [1.29, 1.82) is 0 Å². The van der Waals surface area contributed by atoms with Gasteiger partial charge in [0.15, 0.2) is 29.0 Å². The number of benzene rings is 2. The lowest BCUT2D eigenvalue weighted by Gasteiger charge is -2.14. The third-order valence-electron chi connectivity index (χ3n) is 7.84. The minimum atomic E-state index is -1.10. The largest absolute Gasteiger partial charge is 0.494 e. The van der Waals surface area contributed by atoms with Crippen LogP contribution in [0.15, 0.2) is 53.9 Å². The van der Waals surface area contributed by atoms with E-state index < -0.39 is 23.6 Å². The maximum Gasteiger partial charge on any atom is 0.303 e. The number of rotatable bonds is 18. The van der Waals surface area contributed by atoms with Crippen LogP contribution in [0.5, 0.6) is 5.75 Å². The standard InChI is InChI=1S/C34H42F2N10O5.3ClH/c1-3-20-18-21(45-30-31-44-19-25(46(31)17-16-39-30)23-10-11-26(51-2)29(36)28(23)35)8-9-22(20)32(49)40-14-15-41-33(50)24(37)6-4-12-42-34(38)43-13-5-7-27(47)48;;;/h8-11,16-19,24H,3-7,12-15,37H2,1-2H3,(H,39,45)(H,40,49)(H,41,50)(H,47,48)(H3,38,42,43);3*1H. The minimum absolute atomic E-state index is 0. The molecule has 0 fully saturated rings. The summed E-state index contributed by atoms with van der Waals surface area (Å²) in [6.07, 6.45) is 6.44. The van der Waals surface area contributed by atoms with Crippen LogP contribution in [0.1, 0.15) is 48.5 Å². The third kappa shape index (κ3) is 12.6. The van der Waals surface area contributed by atoms with E-state index in [0.29, 0.717) is 67.2 Å². The van der Waals surface area contributed by atoms with Crippen LogP contribution in [0, 0.1) is 11.6 Å². The molecule has 4 rings (SSSR count). The molecule has 2 amide bonds. The van der Waals surface area contributed by atoms with Crippen molar-refractivity contribution in [2.24, 2.45) is 16.5 Å². The molecule has 0 aliphatic rings. The number of carbonyl (C=O) groups excluding carboxylic acids is 2. The van der Waals surface area contributed by atoms with Crippen LogP contribution in [0.2, 0.25) is 0 Å². The number of anilines is 2. The highest BCUT2D eigenvalue weighted by Gasteiger charge is 2.20. The van der Waals surface area contributed by atoms with Gasteiger partial charge in [-0.05, 0) is 61.6 Å². The van der Waals surface area contributed by atoms with E-state index >= 15 is 0 Å². The smallest absolute Gasteiger partial charge is 0.303 e. The number of carboxylic acid groups (broad SMARTS) is 1. The predicted molar refractivity (Wildman–Crippen MR) is 210 cm³/mol. The van der Waals surface area contributed by atoms with Gasteiger partial charge in [0.2, 0.25) is 11.7 Å². The molecule has 2 heterocycles. The number of ether oxygens (including phenoxy) is 1. The number of carboxylic acids is 1. The van der Waals surface area contributed by atoms with E-state index in [4.69, 9.17) is 21.3 Å². The molecular weight excluding hydrogens is 773 g/mol. The van der Waals surface area contributed by atoms with Gasteiger partial charge in [0.25, 0.3) is 5.91 Å². The van der Waals surface area contributed by atoms with Crippen LogP contribution in [-0.2, 0) is 16.0 Å². The number of fused-ring (bicyclic) bond motifs is 1. The Hall–Kier alpha value is -4.97. The van der Waals surface area contributed by atoms with E-state index in [2.05, 4.69) is 36.2 Å². The number of aromatic nitrogens is 3. The van der Waals surface area contributed by atoms with Crippen molar-refractivity contribution >= 4 is 78.1 Å². The average molecular weight is 818 g/mol. The molecule has 0 radical (unpaired) electrons. The van der Waals surface area contributed by atoms with Crippen molar-refractivity contribution in [3.8, 4) is 17.0 Å². The maximum absolute atomic E-state index is 14.9. The summed E-state index contributed by atoms with van der Waals surface area (Å²) in [6.45, 7) is 3.03. The monoisotopic (exact) mass is 816 g/mol. The van der Waals surface area contributed by atoms with Gasteiger partial charge in [0.1, 0.15) is 0 Å². The van der Waals surface area contributed by atoms with Gasteiger partial charge in [-0.15, -0.1) is 37.2 Å². The number of amides is 2. The first-order valence-corrected chi connectivity index (χ1v) is 16.3. The Balaban J connectivity index is 0.00000486.